The van der Waals surface area contributed by atoms with Crippen LogP contribution >= 0.6 is 0 Å². The van der Waals surface area contributed by atoms with Gasteiger partial charge in [-0.1, -0.05) is 0 Å². The second-order valence-electron chi connectivity index (χ2n) is 4.01. The normalized spacial score (nSPS) is 12.9. The average molecular weight is 271 g/mol. The van der Waals surface area contributed by atoms with Crippen molar-refractivity contribution in [2.45, 2.75) is 26.3 Å². The number of amides is 2. The molecule has 0 saturated carbocycles. The minimum atomic E-state index is -1.49. The Morgan fingerprint density at radius 2 is 1.95 bits per heavy atom. The Hall–Kier alpha value is -2.30. The van der Waals surface area contributed by atoms with E-state index in [1.807, 2.05) is 6.07 Å². The second kappa shape index (κ2) is 7.92. The van der Waals surface area contributed by atoms with Crippen molar-refractivity contribution in [3.63, 3.8) is 0 Å². The lowest BCUT2D eigenvalue weighted by Gasteiger charge is -2.24. The summed E-state index contributed by atoms with van der Waals surface area (Å²) in [5.41, 5.74) is 0. The average Bonchev–Trinajstić information content (AvgIpc) is 2.33. The third kappa shape index (κ3) is 6.26. The third-order valence-electron chi connectivity index (χ3n) is 2.36. The molecule has 0 aliphatic heterocycles. The molecule has 0 aliphatic carbocycles. The number of carboxylic acids is 2. The van der Waals surface area contributed by atoms with Crippen molar-refractivity contribution < 1.29 is 24.6 Å². The fourth-order valence-corrected chi connectivity index (χ4v) is 1.34. The van der Waals surface area contributed by atoms with Crippen molar-refractivity contribution in [1.82, 2.24) is 10.2 Å². The summed E-state index contributed by atoms with van der Waals surface area (Å²) in [6.07, 6.45) is -0.702. The number of urea groups is 1. The van der Waals surface area contributed by atoms with Crippen LogP contribution in [0.1, 0.15) is 20.3 Å². The summed E-state index contributed by atoms with van der Waals surface area (Å²) >= 11 is 0. The minimum absolute atomic E-state index is 0.151. The summed E-state index contributed by atoms with van der Waals surface area (Å²) in [4.78, 5) is 34.3. The van der Waals surface area contributed by atoms with Crippen LogP contribution in [0.5, 0.6) is 0 Å². The van der Waals surface area contributed by atoms with E-state index in [0.717, 1.165) is 0 Å². The topological polar surface area (TPSA) is 131 Å². The quantitative estimate of drug-likeness (QED) is 0.602. The molecule has 2 atom stereocenters. The van der Waals surface area contributed by atoms with Crippen LogP contribution in [0, 0.1) is 17.2 Å². The standard InChI is InChI=1S/C11H17N3O5/c1-3-14(6-7(2)5-12)11(19)13-8(10(17)18)4-9(15)16/h7-8H,3-4,6H2,1-2H3,(H,13,19)(H,15,16)(H,17,18)/t7?,8-/m1/s1. The van der Waals surface area contributed by atoms with Crippen LogP contribution in [0.4, 0.5) is 4.79 Å². The number of aliphatic carboxylic acids is 2. The molecule has 8 heteroatoms. The van der Waals surface area contributed by atoms with E-state index in [-0.39, 0.29) is 13.1 Å². The van der Waals surface area contributed by atoms with Crippen LogP contribution in [-0.2, 0) is 9.59 Å². The Balaban J connectivity index is 4.64. The van der Waals surface area contributed by atoms with Gasteiger partial charge in [0.05, 0.1) is 18.4 Å². The molecule has 0 bridgehead atoms. The summed E-state index contributed by atoms with van der Waals surface area (Å²) in [6, 6.07) is -0.225. The molecule has 0 saturated heterocycles. The molecule has 0 aromatic rings. The van der Waals surface area contributed by atoms with Crippen molar-refractivity contribution in [3.05, 3.63) is 0 Å². The first-order chi connectivity index (χ1) is 8.81. The van der Waals surface area contributed by atoms with E-state index >= 15 is 0 Å². The highest BCUT2D eigenvalue weighted by Gasteiger charge is 2.25. The highest BCUT2D eigenvalue weighted by Crippen LogP contribution is 2.01. The molecule has 0 spiro atoms. The van der Waals surface area contributed by atoms with Gasteiger partial charge >= 0.3 is 18.0 Å². The zero-order chi connectivity index (χ0) is 15.0. The fraction of sp³-hybridized carbons (Fsp3) is 0.636. The molecule has 0 aromatic carbocycles. The largest absolute Gasteiger partial charge is 0.481 e. The van der Waals surface area contributed by atoms with Gasteiger partial charge in [0.2, 0.25) is 0 Å². The van der Waals surface area contributed by atoms with Gasteiger partial charge in [-0.05, 0) is 13.8 Å². The van der Waals surface area contributed by atoms with Crippen LogP contribution in [0.3, 0.4) is 0 Å². The number of hydrogen-bond acceptors (Lipinski definition) is 4. The second-order valence-corrected chi connectivity index (χ2v) is 4.01. The molecule has 0 fully saturated rings. The van der Waals surface area contributed by atoms with Crippen LogP contribution < -0.4 is 5.32 Å². The van der Waals surface area contributed by atoms with Gasteiger partial charge in [0.15, 0.2) is 0 Å². The predicted molar refractivity (Wildman–Crippen MR) is 64.2 cm³/mol. The number of hydrogen-bond donors (Lipinski definition) is 3. The lowest BCUT2D eigenvalue weighted by molar-refractivity contribution is -0.145. The Morgan fingerprint density at radius 1 is 1.37 bits per heavy atom. The van der Waals surface area contributed by atoms with E-state index in [1.165, 1.54) is 4.90 Å². The first-order valence-corrected chi connectivity index (χ1v) is 5.71. The van der Waals surface area contributed by atoms with Gasteiger partial charge in [-0.3, -0.25) is 4.79 Å². The molecule has 0 aliphatic rings. The molecule has 3 N–H and O–H groups in total. The van der Waals surface area contributed by atoms with E-state index in [4.69, 9.17) is 15.5 Å². The summed E-state index contributed by atoms with van der Waals surface area (Å²) in [6.45, 7) is 3.74. The van der Waals surface area contributed by atoms with Gasteiger partial charge in [0.25, 0.3) is 0 Å². The molecule has 0 rings (SSSR count). The maximum absolute atomic E-state index is 11.8. The van der Waals surface area contributed by atoms with Crippen molar-refractivity contribution >= 4 is 18.0 Å². The summed E-state index contributed by atoms with van der Waals surface area (Å²) in [7, 11) is 0. The van der Waals surface area contributed by atoms with Crippen molar-refractivity contribution in [3.8, 4) is 6.07 Å². The number of nitriles is 1. The molecule has 8 nitrogen and oxygen atoms in total. The smallest absolute Gasteiger partial charge is 0.326 e. The van der Waals surface area contributed by atoms with Gasteiger partial charge in [-0.25, -0.2) is 9.59 Å². The SMILES string of the molecule is CCN(CC(C)C#N)C(=O)N[C@H](CC(=O)O)C(=O)O. The summed E-state index contributed by atoms with van der Waals surface area (Å²) < 4.78 is 0. The van der Waals surface area contributed by atoms with E-state index in [9.17, 15) is 14.4 Å². The van der Waals surface area contributed by atoms with Gasteiger partial charge in [0, 0.05) is 13.1 Å². The van der Waals surface area contributed by atoms with Crippen molar-refractivity contribution in [1.29, 1.82) is 5.26 Å². The van der Waals surface area contributed by atoms with Gasteiger partial charge in [-0.15, -0.1) is 0 Å². The van der Waals surface area contributed by atoms with Crippen LogP contribution in [0.2, 0.25) is 0 Å². The molecule has 0 aromatic heterocycles. The van der Waals surface area contributed by atoms with Gasteiger partial charge < -0.3 is 20.4 Å². The number of carboxylic acid groups (broad SMARTS) is 2. The van der Waals surface area contributed by atoms with Crippen molar-refractivity contribution in [2.75, 3.05) is 13.1 Å². The van der Waals surface area contributed by atoms with Gasteiger partial charge in [0.1, 0.15) is 6.04 Å². The lowest BCUT2D eigenvalue weighted by Crippen LogP contribution is -2.49. The highest BCUT2D eigenvalue weighted by molar-refractivity contribution is 5.86. The van der Waals surface area contributed by atoms with Crippen LogP contribution in [0.15, 0.2) is 0 Å². The third-order valence-corrected chi connectivity index (χ3v) is 2.36. The van der Waals surface area contributed by atoms with Crippen LogP contribution in [-0.4, -0.2) is 52.2 Å². The van der Waals surface area contributed by atoms with E-state index in [1.54, 1.807) is 13.8 Å². The predicted octanol–water partition coefficient (Wildman–Crippen LogP) is 0.105. The number of carbonyl (C=O) groups is 3. The molecular formula is C11H17N3O5. The Bertz CT molecular complexity index is 390. The summed E-state index contributed by atoms with van der Waals surface area (Å²) in [5.74, 6) is -3.13. The number of rotatable bonds is 7. The first-order valence-electron chi connectivity index (χ1n) is 5.71. The molecule has 1 unspecified atom stereocenters. The summed E-state index contributed by atoms with van der Waals surface area (Å²) in [5, 5.41) is 28.2. The zero-order valence-corrected chi connectivity index (χ0v) is 10.8. The van der Waals surface area contributed by atoms with E-state index in [0.29, 0.717) is 0 Å². The number of carbonyl (C=O) groups excluding carboxylic acids is 1. The number of nitrogens with zero attached hydrogens (tertiary/aromatic N) is 2. The van der Waals surface area contributed by atoms with Gasteiger partial charge in [-0.2, -0.15) is 5.26 Å². The maximum Gasteiger partial charge on any atom is 0.326 e. The monoisotopic (exact) mass is 271 g/mol. The Kier molecular flexibility index (Phi) is 6.96. The van der Waals surface area contributed by atoms with E-state index < -0.39 is 36.4 Å². The highest BCUT2D eigenvalue weighted by atomic mass is 16.4. The Labute approximate surface area is 110 Å². The molecule has 0 heterocycles. The molecule has 19 heavy (non-hydrogen) atoms. The molecule has 2 amide bonds. The minimum Gasteiger partial charge on any atom is -0.481 e. The number of nitrogens with one attached hydrogen (secondary N) is 1. The van der Waals surface area contributed by atoms with Crippen molar-refractivity contribution in [2.24, 2.45) is 5.92 Å². The fourth-order valence-electron chi connectivity index (χ4n) is 1.34. The lowest BCUT2D eigenvalue weighted by atomic mass is 10.2. The maximum atomic E-state index is 11.8. The molecule has 0 radical (unpaired) electrons. The first kappa shape index (κ1) is 16.7. The Morgan fingerprint density at radius 3 is 2.32 bits per heavy atom. The molecule has 106 valence electrons. The zero-order valence-electron chi connectivity index (χ0n) is 10.8. The molecular weight excluding hydrogens is 254 g/mol. The van der Waals surface area contributed by atoms with Crippen LogP contribution in [0.25, 0.3) is 0 Å². The van der Waals surface area contributed by atoms with E-state index in [2.05, 4.69) is 5.32 Å².